The van der Waals surface area contributed by atoms with Crippen molar-refractivity contribution < 1.29 is 28.5 Å². The molecule has 12 heteroatoms. The largest absolute Gasteiger partial charge is 0.494 e. The van der Waals surface area contributed by atoms with E-state index in [1.807, 2.05) is 0 Å². The van der Waals surface area contributed by atoms with Gasteiger partial charge in [0.25, 0.3) is 5.91 Å². The molecule has 1 fully saturated rings. The Labute approximate surface area is 194 Å². The fraction of sp³-hybridized carbons (Fsp3) is 0.409. The van der Waals surface area contributed by atoms with Gasteiger partial charge >= 0.3 is 0 Å². The van der Waals surface area contributed by atoms with Gasteiger partial charge in [-0.05, 0) is 30.7 Å². The minimum absolute atomic E-state index is 0.0821. The van der Waals surface area contributed by atoms with Crippen molar-refractivity contribution >= 4 is 5.91 Å². The van der Waals surface area contributed by atoms with E-state index in [0.717, 1.165) is 0 Å². The predicted octanol–water partition coefficient (Wildman–Crippen LogP) is 0.898. The van der Waals surface area contributed by atoms with Crippen molar-refractivity contribution in [2.45, 2.75) is 32.2 Å². The highest BCUT2D eigenvalue weighted by molar-refractivity contribution is 5.93. The third kappa shape index (κ3) is 5.71. The second-order valence-electron chi connectivity index (χ2n) is 7.76. The number of hydrogen-bond acceptors (Lipinski definition) is 9. The molecule has 2 atom stereocenters. The van der Waals surface area contributed by atoms with Crippen LogP contribution in [-0.2, 0) is 22.6 Å². The van der Waals surface area contributed by atoms with Gasteiger partial charge in [0.2, 0.25) is 0 Å². The first-order chi connectivity index (χ1) is 16.4. The Morgan fingerprint density at radius 1 is 1.24 bits per heavy atom. The molecule has 180 valence electrons. The van der Waals surface area contributed by atoms with Crippen LogP contribution in [0.5, 0.6) is 5.75 Å². The second kappa shape index (κ2) is 10.6. The normalized spacial score (nSPS) is 18.0. The topological polar surface area (TPSA) is 134 Å². The van der Waals surface area contributed by atoms with Gasteiger partial charge in [0.1, 0.15) is 29.4 Å². The lowest BCUT2D eigenvalue weighted by Gasteiger charge is -2.28. The average molecular weight is 472 g/mol. The van der Waals surface area contributed by atoms with E-state index in [0.29, 0.717) is 42.5 Å². The lowest BCUT2D eigenvalue weighted by atomic mass is 10.2. The minimum Gasteiger partial charge on any atom is -0.494 e. The summed E-state index contributed by atoms with van der Waals surface area (Å²) >= 11 is 0. The summed E-state index contributed by atoms with van der Waals surface area (Å²) in [6, 6.07) is 5.91. The molecule has 0 saturated carbocycles. The molecule has 1 aliphatic rings. The van der Waals surface area contributed by atoms with Crippen LogP contribution in [0.2, 0.25) is 0 Å². The van der Waals surface area contributed by atoms with Crippen LogP contribution in [0.1, 0.15) is 21.9 Å². The molecule has 0 bridgehead atoms. The number of benzene rings is 1. The molecule has 0 aliphatic carbocycles. The summed E-state index contributed by atoms with van der Waals surface area (Å²) in [5, 5.41) is 20.1. The molecule has 0 spiro atoms. The fourth-order valence-electron chi connectivity index (χ4n) is 3.41. The van der Waals surface area contributed by atoms with Crippen LogP contribution in [0.4, 0.5) is 4.39 Å². The molecule has 34 heavy (non-hydrogen) atoms. The highest BCUT2D eigenvalue weighted by Gasteiger charge is 2.23. The number of halogens is 1. The van der Waals surface area contributed by atoms with E-state index in [2.05, 4.69) is 25.6 Å². The molecule has 11 nitrogen and oxygen atoms in total. The molecule has 0 radical (unpaired) electrons. The molecule has 1 amide bonds. The quantitative estimate of drug-likeness (QED) is 0.490. The number of amides is 1. The standard InChI is InChI=1S/C22H25FN6O5/c1-13-25-18(20-9-29(28-27-20)8-15-11-34-16(10-30)12-33-15)6-19(26-13)22(31)24-7-14-3-4-17(23)21(5-14)32-2/h3-6,9,15-16,30H,7-8,10-12H2,1-2H3,(H,24,31)/t15-,16?/m0/s1. The van der Waals surface area contributed by atoms with Crippen molar-refractivity contribution in [1.29, 1.82) is 0 Å². The van der Waals surface area contributed by atoms with E-state index in [1.165, 1.54) is 25.3 Å². The zero-order valence-electron chi connectivity index (χ0n) is 18.8. The third-order valence-electron chi connectivity index (χ3n) is 5.17. The molecule has 2 aromatic heterocycles. The first-order valence-corrected chi connectivity index (χ1v) is 10.7. The lowest BCUT2D eigenvalue weighted by Crippen LogP contribution is -2.39. The van der Waals surface area contributed by atoms with Crippen LogP contribution in [0.3, 0.4) is 0 Å². The number of aliphatic hydroxyl groups is 1. The molecule has 3 aromatic rings. The Bertz CT molecular complexity index is 1150. The van der Waals surface area contributed by atoms with Crippen LogP contribution in [0.25, 0.3) is 11.4 Å². The van der Waals surface area contributed by atoms with Gasteiger partial charge in [-0.25, -0.2) is 19.0 Å². The molecule has 3 heterocycles. The number of aliphatic hydroxyl groups excluding tert-OH is 1. The van der Waals surface area contributed by atoms with Crippen molar-refractivity contribution in [3.63, 3.8) is 0 Å². The highest BCUT2D eigenvalue weighted by Crippen LogP contribution is 2.19. The van der Waals surface area contributed by atoms with Crippen molar-refractivity contribution in [3.8, 4) is 17.1 Å². The van der Waals surface area contributed by atoms with Gasteiger partial charge in [-0.15, -0.1) is 5.10 Å². The smallest absolute Gasteiger partial charge is 0.270 e. The number of aryl methyl sites for hydroxylation is 1. The van der Waals surface area contributed by atoms with E-state index in [4.69, 9.17) is 19.3 Å². The lowest BCUT2D eigenvalue weighted by molar-refractivity contribution is -0.149. The maximum Gasteiger partial charge on any atom is 0.270 e. The molecule has 1 aliphatic heterocycles. The number of carbonyl (C=O) groups excluding carboxylic acids is 1. The van der Waals surface area contributed by atoms with Crippen molar-refractivity contribution in [2.24, 2.45) is 0 Å². The number of rotatable bonds is 8. The summed E-state index contributed by atoms with van der Waals surface area (Å²) in [5.41, 5.74) is 1.78. The average Bonchev–Trinajstić information content (AvgIpc) is 3.32. The highest BCUT2D eigenvalue weighted by atomic mass is 19.1. The van der Waals surface area contributed by atoms with Crippen LogP contribution in [0.15, 0.2) is 30.5 Å². The van der Waals surface area contributed by atoms with Gasteiger partial charge in [-0.2, -0.15) is 0 Å². The van der Waals surface area contributed by atoms with Gasteiger partial charge in [-0.1, -0.05) is 11.3 Å². The first-order valence-electron chi connectivity index (χ1n) is 10.7. The summed E-state index contributed by atoms with van der Waals surface area (Å²) in [4.78, 5) is 21.3. The number of methoxy groups -OCH3 is 1. The van der Waals surface area contributed by atoms with E-state index in [-0.39, 0.29) is 36.8 Å². The van der Waals surface area contributed by atoms with Crippen molar-refractivity contribution in [3.05, 3.63) is 53.4 Å². The minimum atomic E-state index is -0.474. The zero-order chi connectivity index (χ0) is 24.1. The second-order valence-corrected chi connectivity index (χ2v) is 7.76. The summed E-state index contributed by atoms with van der Waals surface area (Å²) in [6.45, 7) is 2.85. The van der Waals surface area contributed by atoms with Gasteiger partial charge in [0, 0.05) is 6.54 Å². The molecular formula is C22H25FN6O5. The maximum absolute atomic E-state index is 13.6. The van der Waals surface area contributed by atoms with E-state index >= 15 is 0 Å². The SMILES string of the molecule is COc1cc(CNC(=O)c2cc(-c3cn(C[C@H]4COC(CO)CO4)nn3)nc(C)n2)ccc1F. The Morgan fingerprint density at radius 3 is 2.76 bits per heavy atom. The molecule has 1 saturated heterocycles. The van der Waals surface area contributed by atoms with E-state index < -0.39 is 11.7 Å². The van der Waals surface area contributed by atoms with Gasteiger partial charge in [0.05, 0.1) is 45.4 Å². The monoisotopic (exact) mass is 472 g/mol. The predicted molar refractivity (Wildman–Crippen MR) is 116 cm³/mol. The number of nitrogens with one attached hydrogen (secondary N) is 1. The Kier molecular flexibility index (Phi) is 7.40. The van der Waals surface area contributed by atoms with E-state index in [9.17, 15) is 9.18 Å². The van der Waals surface area contributed by atoms with Crippen molar-refractivity contribution in [1.82, 2.24) is 30.3 Å². The first kappa shape index (κ1) is 23.7. The Morgan fingerprint density at radius 2 is 2.03 bits per heavy atom. The van der Waals surface area contributed by atoms with Crippen LogP contribution >= 0.6 is 0 Å². The van der Waals surface area contributed by atoms with Crippen LogP contribution in [0, 0.1) is 12.7 Å². The molecule has 1 unspecified atom stereocenters. The summed E-state index contributed by atoms with van der Waals surface area (Å²) in [7, 11) is 1.38. The Balaban J connectivity index is 1.41. The number of nitrogens with zero attached hydrogens (tertiary/aromatic N) is 5. The molecule has 2 N–H and O–H groups in total. The van der Waals surface area contributed by atoms with Gasteiger partial charge in [-0.3, -0.25) is 4.79 Å². The summed E-state index contributed by atoms with van der Waals surface area (Å²) in [5.74, 6) is -0.375. The van der Waals surface area contributed by atoms with Crippen LogP contribution in [-0.4, -0.2) is 75.1 Å². The number of hydrogen-bond donors (Lipinski definition) is 2. The van der Waals surface area contributed by atoms with Gasteiger partial charge in [0.15, 0.2) is 11.6 Å². The maximum atomic E-state index is 13.6. The fourth-order valence-corrected chi connectivity index (χ4v) is 3.41. The molecular weight excluding hydrogens is 447 g/mol. The van der Waals surface area contributed by atoms with Gasteiger partial charge < -0.3 is 24.6 Å². The number of carbonyl (C=O) groups is 1. The molecule has 4 rings (SSSR count). The van der Waals surface area contributed by atoms with Crippen molar-refractivity contribution in [2.75, 3.05) is 26.9 Å². The zero-order valence-corrected chi connectivity index (χ0v) is 18.8. The summed E-state index contributed by atoms with van der Waals surface area (Å²) in [6.07, 6.45) is 1.19. The number of ether oxygens (including phenoxy) is 3. The Hall–Kier alpha value is -3.48. The molecule has 1 aromatic carbocycles. The van der Waals surface area contributed by atoms with Crippen LogP contribution < -0.4 is 10.1 Å². The van der Waals surface area contributed by atoms with E-state index in [1.54, 1.807) is 23.9 Å². The third-order valence-corrected chi connectivity index (χ3v) is 5.17. The summed E-state index contributed by atoms with van der Waals surface area (Å²) < 4.78 is 31.3. The number of aromatic nitrogens is 5.